The van der Waals surface area contributed by atoms with E-state index in [1.807, 2.05) is 36.4 Å². The number of fused-ring (bicyclic) bond motifs is 1. The quantitative estimate of drug-likeness (QED) is 0.732. The SMILES string of the molecule is COC(=O)c1cc2c(OC)cc(OCc3ccccc3)cc2[nH]1. The fourth-order valence-corrected chi connectivity index (χ4v) is 2.39. The molecule has 0 saturated carbocycles. The average Bonchev–Trinajstić information content (AvgIpc) is 3.03. The number of carbonyl (C=O) groups excluding carboxylic acids is 1. The van der Waals surface area contributed by atoms with Crippen molar-refractivity contribution in [2.45, 2.75) is 6.61 Å². The van der Waals surface area contributed by atoms with Gasteiger partial charge in [0.25, 0.3) is 0 Å². The van der Waals surface area contributed by atoms with Gasteiger partial charge < -0.3 is 19.2 Å². The number of benzene rings is 2. The number of aromatic amines is 1. The van der Waals surface area contributed by atoms with Crippen molar-refractivity contribution in [2.24, 2.45) is 0 Å². The molecule has 0 aliphatic rings. The van der Waals surface area contributed by atoms with Crippen LogP contribution in [0.3, 0.4) is 0 Å². The molecule has 0 radical (unpaired) electrons. The van der Waals surface area contributed by atoms with Crippen LogP contribution in [0.2, 0.25) is 0 Å². The molecule has 0 amide bonds. The summed E-state index contributed by atoms with van der Waals surface area (Å²) in [6, 6.07) is 15.3. The number of hydrogen-bond acceptors (Lipinski definition) is 4. The largest absolute Gasteiger partial charge is 0.496 e. The lowest BCUT2D eigenvalue weighted by atomic mass is 10.2. The zero-order chi connectivity index (χ0) is 16.2. The van der Waals surface area contributed by atoms with Crippen LogP contribution < -0.4 is 9.47 Å². The second-order valence-electron chi connectivity index (χ2n) is 5.04. The van der Waals surface area contributed by atoms with Gasteiger partial charge in [0.15, 0.2) is 0 Å². The number of H-pyrrole nitrogens is 1. The normalized spacial score (nSPS) is 10.5. The second kappa shape index (κ2) is 6.44. The molecule has 1 aromatic heterocycles. The van der Waals surface area contributed by atoms with Crippen molar-refractivity contribution in [3.05, 3.63) is 59.8 Å². The van der Waals surface area contributed by atoms with Gasteiger partial charge in [0.2, 0.25) is 0 Å². The number of nitrogens with one attached hydrogen (secondary N) is 1. The molecule has 0 aliphatic carbocycles. The first kappa shape index (κ1) is 15.0. The van der Waals surface area contributed by atoms with Crippen molar-refractivity contribution in [3.63, 3.8) is 0 Å². The fourth-order valence-electron chi connectivity index (χ4n) is 2.39. The Balaban J connectivity index is 1.90. The third-order valence-electron chi connectivity index (χ3n) is 3.55. The Morgan fingerprint density at radius 1 is 1.09 bits per heavy atom. The Bertz CT molecular complexity index is 824. The maximum Gasteiger partial charge on any atom is 0.354 e. The van der Waals surface area contributed by atoms with E-state index in [1.54, 1.807) is 19.2 Å². The second-order valence-corrected chi connectivity index (χ2v) is 5.04. The molecule has 1 heterocycles. The van der Waals surface area contributed by atoms with E-state index in [2.05, 4.69) is 4.98 Å². The Morgan fingerprint density at radius 3 is 2.57 bits per heavy atom. The van der Waals surface area contributed by atoms with Gasteiger partial charge in [0.1, 0.15) is 23.8 Å². The number of methoxy groups -OCH3 is 2. The smallest absolute Gasteiger partial charge is 0.354 e. The van der Waals surface area contributed by atoms with Crippen molar-refractivity contribution in [1.82, 2.24) is 4.98 Å². The van der Waals surface area contributed by atoms with E-state index in [4.69, 9.17) is 14.2 Å². The standard InChI is InChI=1S/C18H17NO4/c1-21-17-9-13(23-11-12-6-4-3-5-7-12)8-15-14(17)10-16(19-15)18(20)22-2/h3-10,19H,11H2,1-2H3. The fraction of sp³-hybridized carbons (Fsp3) is 0.167. The minimum Gasteiger partial charge on any atom is -0.496 e. The monoisotopic (exact) mass is 311 g/mol. The Morgan fingerprint density at radius 2 is 1.87 bits per heavy atom. The van der Waals surface area contributed by atoms with Crippen LogP contribution in [0.25, 0.3) is 10.9 Å². The van der Waals surface area contributed by atoms with Crippen molar-refractivity contribution in [2.75, 3.05) is 14.2 Å². The van der Waals surface area contributed by atoms with E-state index in [0.29, 0.717) is 23.8 Å². The highest BCUT2D eigenvalue weighted by atomic mass is 16.5. The Labute approximate surface area is 133 Å². The minimum atomic E-state index is -0.421. The number of esters is 1. The number of rotatable bonds is 5. The van der Waals surface area contributed by atoms with E-state index in [-0.39, 0.29) is 0 Å². The van der Waals surface area contributed by atoms with Gasteiger partial charge in [-0.3, -0.25) is 0 Å². The van der Waals surface area contributed by atoms with Crippen LogP contribution >= 0.6 is 0 Å². The molecule has 0 fully saturated rings. The van der Waals surface area contributed by atoms with Gasteiger partial charge in [-0.2, -0.15) is 0 Å². The summed E-state index contributed by atoms with van der Waals surface area (Å²) in [5.41, 5.74) is 2.21. The van der Waals surface area contributed by atoms with Gasteiger partial charge in [0.05, 0.1) is 19.7 Å². The van der Waals surface area contributed by atoms with Crippen LogP contribution in [0, 0.1) is 0 Å². The average molecular weight is 311 g/mol. The van der Waals surface area contributed by atoms with Crippen LogP contribution in [0.15, 0.2) is 48.5 Å². The van der Waals surface area contributed by atoms with Crippen LogP contribution in [0.4, 0.5) is 0 Å². The summed E-state index contributed by atoms with van der Waals surface area (Å²) in [5, 5.41) is 0.806. The summed E-state index contributed by atoms with van der Waals surface area (Å²) in [5.74, 6) is 0.878. The van der Waals surface area contributed by atoms with Crippen molar-refractivity contribution in [3.8, 4) is 11.5 Å². The molecule has 0 atom stereocenters. The number of carbonyl (C=O) groups is 1. The van der Waals surface area contributed by atoms with E-state index in [1.165, 1.54) is 7.11 Å². The molecule has 0 unspecified atom stereocenters. The van der Waals surface area contributed by atoms with Crippen LogP contribution in [-0.2, 0) is 11.3 Å². The lowest BCUT2D eigenvalue weighted by molar-refractivity contribution is 0.0595. The molecular formula is C18H17NO4. The van der Waals surface area contributed by atoms with E-state index in [9.17, 15) is 4.79 Å². The molecule has 118 valence electrons. The Hall–Kier alpha value is -2.95. The predicted molar refractivity (Wildman–Crippen MR) is 87.0 cm³/mol. The number of hydrogen-bond donors (Lipinski definition) is 1. The molecule has 2 aromatic carbocycles. The van der Waals surface area contributed by atoms with E-state index in [0.717, 1.165) is 16.5 Å². The van der Waals surface area contributed by atoms with Gasteiger partial charge in [-0.1, -0.05) is 30.3 Å². The highest BCUT2D eigenvalue weighted by Gasteiger charge is 2.14. The summed E-state index contributed by atoms with van der Waals surface area (Å²) in [7, 11) is 2.93. The number of aromatic nitrogens is 1. The molecule has 0 aliphatic heterocycles. The van der Waals surface area contributed by atoms with Crippen molar-refractivity contribution < 1.29 is 19.0 Å². The van der Waals surface area contributed by atoms with E-state index >= 15 is 0 Å². The summed E-state index contributed by atoms with van der Waals surface area (Å²) in [6.45, 7) is 0.458. The zero-order valence-corrected chi connectivity index (χ0v) is 13.0. The maximum absolute atomic E-state index is 11.7. The first-order valence-electron chi connectivity index (χ1n) is 7.17. The van der Waals surface area contributed by atoms with Gasteiger partial charge in [-0.05, 0) is 11.6 Å². The molecule has 0 bridgehead atoms. The van der Waals surface area contributed by atoms with E-state index < -0.39 is 5.97 Å². The molecule has 3 rings (SSSR count). The van der Waals surface area contributed by atoms with Crippen molar-refractivity contribution >= 4 is 16.9 Å². The first-order chi connectivity index (χ1) is 11.2. The predicted octanol–water partition coefficient (Wildman–Crippen LogP) is 3.54. The molecule has 0 spiro atoms. The zero-order valence-electron chi connectivity index (χ0n) is 13.0. The number of ether oxygens (including phenoxy) is 3. The molecular weight excluding hydrogens is 294 g/mol. The first-order valence-corrected chi connectivity index (χ1v) is 7.17. The summed E-state index contributed by atoms with van der Waals surface area (Å²) in [6.07, 6.45) is 0. The highest BCUT2D eigenvalue weighted by molar-refractivity contribution is 5.97. The minimum absolute atomic E-state index is 0.376. The summed E-state index contributed by atoms with van der Waals surface area (Å²) >= 11 is 0. The van der Waals surface area contributed by atoms with Crippen LogP contribution in [-0.4, -0.2) is 25.2 Å². The van der Waals surface area contributed by atoms with Gasteiger partial charge in [-0.15, -0.1) is 0 Å². The summed E-state index contributed by atoms with van der Waals surface area (Å²) < 4.78 is 15.9. The maximum atomic E-state index is 11.7. The molecule has 5 heteroatoms. The molecule has 3 aromatic rings. The topological polar surface area (TPSA) is 60.6 Å². The van der Waals surface area contributed by atoms with Gasteiger partial charge in [-0.25, -0.2) is 4.79 Å². The van der Waals surface area contributed by atoms with Crippen molar-refractivity contribution in [1.29, 1.82) is 0 Å². The molecule has 0 saturated heterocycles. The lowest BCUT2D eigenvalue weighted by Crippen LogP contribution is -2.00. The van der Waals surface area contributed by atoms with Crippen LogP contribution in [0.5, 0.6) is 11.5 Å². The molecule has 23 heavy (non-hydrogen) atoms. The Kier molecular flexibility index (Phi) is 4.19. The van der Waals surface area contributed by atoms with Gasteiger partial charge in [0, 0.05) is 17.5 Å². The van der Waals surface area contributed by atoms with Crippen LogP contribution in [0.1, 0.15) is 16.1 Å². The molecule has 1 N–H and O–H groups in total. The highest BCUT2D eigenvalue weighted by Crippen LogP contribution is 2.32. The summed E-state index contributed by atoms with van der Waals surface area (Å²) in [4.78, 5) is 14.7. The van der Waals surface area contributed by atoms with Gasteiger partial charge >= 0.3 is 5.97 Å². The third kappa shape index (κ3) is 3.13. The third-order valence-corrected chi connectivity index (χ3v) is 3.55. The lowest BCUT2D eigenvalue weighted by Gasteiger charge is -2.09. The molecule has 5 nitrogen and oxygen atoms in total.